The number of hydrogen-bond acceptors (Lipinski definition) is 4. The van der Waals surface area contributed by atoms with Crippen molar-refractivity contribution in [3.63, 3.8) is 0 Å². The van der Waals surface area contributed by atoms with Crippen molar-refractivity contribution in [3.8, 4) is 5.75 Å². The van der Waals surface area contributed by atoms with Crippen LogP contribution in [0, 0.1) is 0 Å². The number of piperazine rings is 1. The van der Waals surface area contributed by atoms with E-state index in [0.717, 1.165) is 31.9 Å². The van der Waals surface area contributed by atoms with Crippen LogP contribution in [0.25, 0.3) is 0 Å². The van der Waals surface area contributed by atoms with E-state index in [-0.39, 0.29) is 0 Å². The quantitative estimate of drug-likeness (QED) is 0.870. The van der Waals surface area contributed by atoms with E-state index in [0.29, 0.717) is 23.7 Å². The van der Waals surface area contributed by atoms with Gasteiger partial charge >= 0.3 is 0 Å². The summed E-state index contributed by atoms with van der Waals surface area (Å²) in [6.45, 7) is 9.01. The Morgan fingerprint density at radius 2 is 2.23 bits per heavy atom. The van der Waals surface area contributed by atoms with Crippen molar-refractivity contribution in [2.75, 3.05) is 46.9 Å². The maximum atomic E-state index is 6.39. The molecule has 124 valence electrons. The fourth-order valence-corrected chi connectivity index (χ4v) is 3.31. The average molecular weight is 326 g/mol. The molecule has 0 bridgehead atoms. The minimum atomic E-state index is 0.347. The predicted molar refractivity (Wildman–Crippen MR) is 93.0 cm³/mol. The van der Waals surface area contributed by atoms with Crippen molar-refractivity contribution in [1.29, 1.82) is 0 Å². The molecule has 0 radical (unpaired) electrons. The van der Waals surface area contributed by atoms with Crippen molar-refractivity contribution in [2.24, 2.45) is 0 Å². The van der Waals surface area contributed by atoms with Crippen molar-refractivity contribution in [1.82, 2.24) is 15.1 Å². The first kappa shape index (κ1) is 17.5. The number of rotatable bonds is 6. The number of halogens is 1. The topological polar surface area (TPSA) is 27.7 Å². The summed E-state index contributed by atoms with van der Waals surface area (Å²) in [5.74, 6) is 0.768. The van der Waals surface area contributed by atoms with Gasteiger partial charge in [0.1, 0.15) is 5.75 Å². The van der Waals surface area contributed by atoms with Crippen LogP contribution < -0.4 is 10.1 Å². The van der Waals surface area contributed by atoms with E-state index in [1.165, 1.54) is 5.56 Å². The molecule has 1 N–H and O–H groups in total. The molecule has 1 aliphatic rings. The molecule has 1 fully saturated rings. The minimum Gasteiger partial charge on any atom is -0.492 e. The number of nitrogens with zero attached hydrogens (tertiary/aromatic N) is 2. The van der Waals surface area contributed by atoms with Crippen molar-refractivity contribution in [3.05, 3.63) is 28.8 Å². The molecule has 0 spiro atoms. The van der Waals surface area contributed by atoms with Gasteiger partial charge in [-0.1, -0.05) is 17.7 Å². The zero-order valence-electron chi connectivity index (χ0n) is 14.1. The molecule has 5 heteroatoms. The Hall–Kier alpha value is -0.810. The van der Waals surface area contributed by atoms with E-state index in [1.54, 1.807) is 0 Å². The summed E-state index contributed by atoms with van der Waals surface area (Å²) < 4.78 is 5.55. The maximum Gasteiger partial charge on any atom is 0.137 e. The summed E-state index contributed by atoms with van der Waals surface area (Å²) in [5, 5.41) is 4.16. The van der Waals surface area contributed by atoms with Gasteiger partial charge in [-0.15, -0.1) is 0 Å². The van der Waals surface area contributed by atoms with Crippen LogP contribution >= 0.6 is 11.6 Å². The molecule has 0 aliphatic carbocycles. The summed E-state index contributed by atoms with van der Waals surface area (Å²) in [6.07, 6.45) is 0. The molecule has 1 aromatic carbocycles. The first-order valence-corrected chi connectivity index (χ1v) is 8.44. The van der Waals surface area contributed by atoms with Gasteiger partial charge in [0.15, 0.2) is 0 Å². The first-order chi connectivity index (χ1) is 10.5. The zero-order valence-corrected chi connectivity index (χ0v) is 14.9. The number of ether oxygens (including phenoxy) is 1. The van der Waals surface area contributed by atoms with Crippen LogP contribution in [0.15, 0.2) is 18.2 Å². The Morgan fingerprint density at radius 3 is 2.82 bits per heavy atom. The third-order valence-corrected chi connectivity index (χ3v) is 4.43. The van der Waals surface area contributed by atoms with E-state index in [2.05, 4.69) is 48.3 Å². The van der Waals surface area contributed by atoms with Crippen molar-refractivity contribution >= 4 is 11.6 Å². The largest absolute Gasteiger partial charge is 0.492 e. The van der Waals surface area contributed by atoms with E-state index in [1.807, 2.05) is 13.0 Å². The summed E-state index contributed by atoms with van der Waals surface area (Å²) in [5.41, 5.74) is 1.26. The first-order valence-electron chi connectivity index (χ1n) is 8.06. The molecule has 2 unspecified atom stereocenters. The molecular weight excluding hydrogens is 298 g/mol. The Kier molecular flexibility index (Phi) is 6.50. The number of likely N-dealkylation sites (N-methyl/N-ethyl adjacent to an activating group) is 1. The van der Waals surface area contributed by atoms with Gasteiger partial charge in [0.25, 0.3) is 0 Å². The third-order valence-electron chi connectivity index (χ3n) is 4.13. The highest BCUT2D eigenvalue weighted by Crippen LogP contribution is 2.31. The molecule has 4 nitrogen and oxygen atoms in total. The maximum absolute atomic E-state index is 6.39. The Labute approximate surface area is 139 Å². The molecule has 0 aromatic heterocycles. The van der Waals surface area contributed by atoms with Crippen LogP contribution in [0.4, 0.5) is 0 Å². The lowest BCUT2D eigenvalue weighted by molar-refractivity contribution is 0.0967. The molecule has 1 aromatic rings. The van der Waals surface area contributed by atoms with Crippen LogP contribution in [0.2, 0.25) is 5.02 Å². The second-order valence-electron chi connectivity index (χ2n) is 6.19. The monoisotopic (exact) mass is 325 g/mol. The lowest BCUT2D eigenvalue weighted by atomic mass is 10.0. The molecule has 0 saturated carbocycles. The van der Waals surface area contributed by atoms with Crippen LogP contribution in [0.3, 0.4) is 0 Å². The SMILES string of the molecule is CCOc1ccc(C(CN(C)C)N2CCNCC2C)cc1Cl. The van der Waals surface area contributed by atoms with Gasteiger partial charge in [0.05, 0.1) is 11.6 Å². The zero-order chi connectivity index (χ0) is 16.1. The third kappa shape index (κ3) is 4.35. The van der Waals surface area contributed by atoms with E-state index >= 15 is 0 Å². The molecule has 22 heavy (non-hydrogen) atoms. The number of benzene rings is 1. The lowest BCUT2D eigenvalue weighted by Gasteiger charge is -2.41. The highest BCUT2D eigenvalue weighted by atomic mass is 35.5. The lowest BCUT2D eigenvalue weighted by Crippen LogP contribution is -2.52. The van der Waals surface area contributed by atoms with Gasteiger partial charge in [-0.2, -0.15) is 0 Å². The molecular formula is C17H28ClN3O. The minimum absolute atomic E-state index is 0.347. The van der Waals surface area contributed by atoms with E-state index in [9.17, 15) is 0 Å². The fourth-order valence-electron chi connectivity index (χ4n) is 3.06. The average Bonchev–Trinajstić information content (AvgIpc) is 2.48. The number of nitrogens with one attached hydrogen (secondary N) is 1. The van der Waals surface area contributed by atoms with E-state index in [4.69, 9.17) is 16.3 Å². The van der Waals surface area contributed by atoms with Gasteiger partial charge in [0, 0.05) is 38.3 Å². The Balaban J connectivity index is 2.26. The van der Waals surface area contributed by atoms with Gasteiger partial charge in [-0.05, 0) is 45.6 Å². The van der Waals surface area contributed by atoms with Gasteiger partial charge in [-0.25, -0.2) is 0 Å². The van der Waals surface area contributed by atoms with Crippen LogP contribution in [-0.4, -0.2) is 62.7 Å². The fraction of sp³-hybridized carbons (Fsp3) is 0.647. The van der Waals surface area contributed by atoms with Crippen molar-refractivity contribution < 1.29 is 4.74 Å². The van der Waals surface area contributed by atoms with Crippen molar-refractivity contribution in [2.45, 2.75) is 25.9 Å². The van der Waals surface area contributed by atoms with Gasteiger partial charge < -0.3 is 15.0 Å². The number of hydrogen-bond donors (Lipinski definition) is 1. The van der Waals surface area contributed by atoms with E-state index < -0.39 is 0 Å². The molecule has 2 atom stereocenters. The molecule has 1 saturated heterocycles. The summed E-state index contributed by atoms with van der Waals surface area (Å²) in [6, 6.07) is 7.08. The van der Waals surface area contributed by atoms with Crippen LogP contribution in [-0.2, 0) is 0 Å². The van der Waals surface area contributed by atoms with Crippen LogP contribution in [0.5, 0.6) is 5.75 Å². The van der Waals surface area contributed by atoms with Crippen LogP contribution in [0.1, 0.15) is 25.5 Å². The Morgan fingerprint density at radius 1 is 1.45 bits per heavy atom. The second-order valence-corrected chi connectivity index (χ2v) is 6.60. The Bertz CT molecular complexity index is 481. The summed E-state index contributed by atoms with van der Waals surface area (Å²) in [4.78, 5) is 4.81. The molecule has 0 amide bonds. The van der Waals surface area contributed by atoms with Gasteiger partial charge in [0.2, 0.25) is 0 Å². The summed E-state index contributed by atoms with van der Waals surface area (Å²) in [7, 11) is 4.24. The normalized spacial score (nSPS) is 21.1. The molecule has 2 rings (SSSR count). The standard InChI is InChI=1S/C17H28ClN3O/c1-5-22-17-7-6-14(10-15(17)18)16(12-20(3)4)21-9-8-19-11-13(21)2/h6-7,10,13,16,19H,5,8-9,11-12H2,1-4H3. The molecule has 1 aliphatic heterocycles. The smallest absolute Gasteiger partial charge is 0.137 e. The highest BCUT2D eigenvalue weighted by Gasteiger charge is 2.28. The highest BCUT2D eigenvalue weighted by molar-refractivity contribution is 6.32. The predicted octanol–water partition coefficient (Wildman–Crippen LogP) is 2.64. The van der Waals surface area contributed by atoms with Gasteiger partial charge in [-0.3, -0.25) is 4.90 Å². The summed E-state index contributed by atoms with van der Waals surface area (Å²) >= 11 is 6.39. The second kappa shape index (κ2) is 8.16. The molecule has 1 heterocycles.